The van der Waals surface area contributed by atoms with Crippen molar-refractivity contribution < 1.29 is 9.90 Å². The lowest BCUT2D eigenvalue weighted by Crippen LogP contribution is -2.06. The van der Waals surface area contributed by atoms with E-state index >= 15 is 0 Å². The van der Waals surface area contributed by atoms with E-state index in [2.05, 4.69) is 4.57 Å². The number of unbranched alkanes of at least 4 members (excludes halogenated alkanes) is 1. The zero-order chi connectivity index (χ0) is 17.1. The molecule has 0 aliphatic rings. The zero-order valence-electron chi connectivity index (χ0n) is 13.6. The average Bonchev–Trinajstić information content (AvgIpc) is 2.87. The van der Waals surface area contributed by atoms with Crippen LogP contribution in [0.1, 0.15) is 34.5 Å². The molecule has 2 aromatic carbocycles. The predicted octanol–water partition coefficient (Wildman–Crippen LogP) is 4.61. The summed E-state index contributed by atoms with van der Waals surface area (Å²) in [6, 6.07) is 15.1. The van der Waals surface area contributed by atoms with E-state index in [1.54, 1.807) is 12.1 Å². The van der Waals surface area contributed by atoms with Crippen LogP contribution in [-0.4, -0.2) is 22.1 Å². The van der Waals surface area contributed by atoms with E-state index in [0.717, 1.165) is 36.0 Å². The number of ketones is 1. The van der Waals surface area contributed by atoms with Crippen LogP contribution in [0, 0.1) is 6.92 Å². The number of carbonyl (C=O) groups is 1. The van der Waals surface area contributed by atoms with Gasteiger partial charge in [0.1, 0.15) is 0 Å². The lowest BCUT2D eigenvalue weighted by molar-refractivity contribution is 0.103. The second-order valence-electron chi connectivity index (χ2n) is 5.87. The highest BCUT2D eigenvalue weighted by atomic mass is 35.5. The smallest absolute Gasteiger partial charge is 0.196 e. The fraction of sp³-hybridized carbons (Fsp3) is 0.250. The molecule has 0 aliphatic heterocycles. The molecular formula is C20H20ClNO2. The average molecular weight is 342 g/mol. The largest absolute Gasteiger partial charge is 0.396 e. The number of para-hydroxylation sites is 1. The van der Waals surface area contributed by atoms with Crippen LogP contribution < -0.4 is 0 Å². The van der Waals surface area contributed by atoms with Crippen molar-refractivity contribution in [3.8, 4) is 0 Å². The first-order chi connectivity index (χ1) is 11.6. The molecule has 3 nitrogen and oxygen atoms in total. The Bertz CT molecular complexity index is 882. The second-order valence-corrected chi connectivity index (χ2v) is 6.28. The minimum Gasteiger partial charge on any atom is -0.396 e. The number of aliphatic hydroxyl groups excluding tert-OH is 1. The lowest BCUT2D eigenvalue weighted by atomic mass is 10.0. The number of nitrogens with zero attached hydrogens (tertiary/aromatic N) is 1. The Morgan fingerprint density at radius 1 is 1.08 bits per heavy atom. The van der Waals surface area contributed by atoms with Gasteiger partial charge in [-0.3, -0.25) is 4.79 Å². The van der Waals surface area contributed by atoms with Crippen molar-refractivity contribution in [2.45, 2.75) is 26.3 Å². The van der Waals surface area contributed by atoms with Gasteiger partial charge in [0.2, 0.25) is 0 Å². The maximum absolute atomic E-state index is 13.1. The molecule has 1 N–H and O–H groups in total. The molecule has 0 amide bonds. The molecule has 0 spiro atoms. The Morgan fingerprint density at radius 3 is 2.54 bits per heavy atom. The molecular weight excluding hydrogens is 322 g/mol. The lowest BCUT2D eigenvalue weighted by Gasteiger charge is -2.08. The number of fused-ring (bicyclic) bond motifs is 1. The highest BCUT2D eigenvalue weighted by Gasteiger charge is 2.22. The Balaban J connectivity index is 2.13. The SMILES string of the molecule is Cc1c(C(=O)c2ccccc2Cl)c2ccccc2n1CCCCO. The van der Waals surface area contributed by atoms with Crippen molar-refractivity contribution in [1.29, 1.82) is 0 Å². The number of hydrogen-bond acceptors (Lipinski definition) is 2. The Kier molecular flexibility index (Phi) is 5.03. The van der Waals surface area contributed by atoms with Gasteiger partial charge in [0, 0.05) is 35.3 Å². The van der Waals surface area contributed by atoms with Crippen LogP contribution in [0.4, 0.5) is 0 Å². The molecule has 0 aliphatic carbocycles. The minimum absolute atomic E-state index is 0.0461. The van der Waals surface area contributed by atoms with Gasteiger partial charge in [-0.25, -0.2) is 0 Å². The molecule has 3 aromatic rings. The normalized spacial score (nSPS) is 11.1. The van der Waals surface area contributed by atoms with Gasteiger partial charge in [-0.1, -0.05) is 41.9 Å². The van der Waals surface area contributed by atoms with Crippen LogP contribution >= 0.6 is 11.6 Å². The molecule has 3 rings (SSSR count). The molecule has 0 radical (unpaired) electrons. The fourth-order valence-electron chi connectivity index (χ4n) is 3.17. The molecule has 0 fully saturated rings. The number of aromatic nitrogens is 1. The van der Waals surface area contributed by atoms with Gasteiger partial charge in [-0.05, 0) is 38.0 Å². The monoisotopic (exact) mass is 341 g/mol. The number of benzene rings is 2. The summed E-state index contributed by atoms with van der Waals surface area (Å²) in [7, 11) is 0. The van der Waals surface area contributed by atoms with Crippen molar-refractivity contribution in [3.05, 3.63) is 70.4 Å². The zero-order valence-corrected chi connectivity index (χ0v) is 14.4. The number of halogens is 1. The maximum atomic E-state index is 13.1. The van der Waals surface area contributed by atoms with Gasteiger partial charge in [0.05, 0.1) is 10.6 Å². The number of carbonyl (C=O) groups excluding carboxylic acids is 1. The summed E-state index contributed by atoms with van der Waals surface area (Å²) >= 11 is 6.23. The first kappa shape index (κ1) is 16.7. The van der Waals surface area contributed by atoms with Crippen LogP contribution in [0.15, 0.2) is 48.5 Å². The third-order valence-electron chi connectivity index (χ3n) is 4.37. The van der Waals surface area contributed by atoms with Crippen molar-refractivity contribution in [1.82, 2.24) is 4.57 Å². The van der Waals surface area contributed by atoms with Crippen LogP contribution in [0.3, 0.4) is 0 Å². The Labute approximate surface area is 146 Å². The number of hydrogen-bond donors (Lipinski definition) is 1. The van der Waals surface area contributed by atoms with Crippen LogP contribution in [-0.2, 0) is 6.54 Å². The maximum Gasteiger partial charge on any atom is 0.196 e. The first-order valence-corrected chi connectivity index (χ1v) is 8.51. The molecule has 1 aromatic heterocycles. The quantitative estimate of drug-likeness (QED) is 0.525. The van der Waals surface area contributed by atoms with E-state index in [0.29, 0.717) is 16.1 Å². The molecule has 1 heterocycles. The molecule has 0 unspecified atom stereocenters. The van der Waals surface area contributed by atoms with Crippen LogP contribution in [0.2, 0.25) is 5.02 Å². The summed E-state index contributed by atoms with van der Waals surface area (Å²) in [6.07, 6.45) is 1.62. The Hall–Kier alpha value is -2.10. The van der Waals surface area contributed by atoms with Gasteiger partial charge >= 0.3 is 0 Å². The highest BCUT2D eigenvalue weighted by Crippen LogP contribution is 2.30. The summed E-state index contributed by atoms with van der Waals surface area (Å²) in [6.45, 7) is 2.94. The van der Waals surface area contributed by atoms with E-state index in [9.17, 15) is 4.79 Å². The summed E-state index contributed by atoms with van der Waals surface area (Å²) < 4.78 is 2.16. The van der Waals surface area contributed by atoms with Gasteiger partial charge in [-0.15, -0.1) is 0 Å². The van der Waals surface area contributed by atoms with Gasteiger partial charge in [0.15, 0.2) is 5.78 Å². The third-order valence-corrected chi connectivity index (χ3v) is 4.70. The van der Waals surface area contributed by atoms with Crippen LogP contribution in [0.25, 0.3) is 10.9 Å². The standard InChI is InChI=1S/C20H20ClNO2/c1-14-19(20(24)15-8-2-4-10-17(15)21)16-9-3-5-11-18(16)22(14)12-6-7-13-23/h2-5,8-11,23H,6-7,12-13H2,1H3. The molecule has 0 saturated carbocycles. The minimum atomic E-state index is -0.0461. The molecule has 24 heavy (non-hydrogen) atoms. The topological polar surface area (TPSA) is 42.2 Å². The first-order valence-electron chi connectivity index (χ1n) is 8.13. The second kappa shape index (κ2) is 7.20. The van der Waals surface area contributed by atoms with E-state index < -0.39 is 0 Å². The summed E-state index contributed by atoms with van der Waals surface area (Å²) in [5.74, 6) is -0.0461. The van der Waals surface area contributed by atoms with Crippen LogP contribution in [0.5, 0.6) is 0 Å². The predicted molar refractivity (Wildman–Crippen MR) is 97.9 cm³/mol. The van der Waals surface area contributed by atoms with E-state index in [1.807, 2.05) is 43.3 Å². The van der Waals surface area contributed by atoms with E-state index in [-0.39, 0.29) is 12.4 Å². The van der Waals surface area contributed by atoms with Gasteiger partial charge in [-0.2, -0.15) is 0 Å². The fourth-order valence-corrected chi connectivity index (χ4v) is 3.39. The van der Waals surface area contributed by atoms with E-state index in [1.165, 1.54) is 0 Å². The number of aryl methyl sites for hydroxylation is 1. The third kappa shape index (κ3) is 2.97. The Morgan fingerprint density at radius 2 is 1.79 bits per heavy atom. The number of rotatable bonds is 6. The molecule has 0 bridgehead atoms. The highest BCUT2D eigenvalue weighted by molar-refractivity contribution is 6.35. The summed E-state index contributed by atoms with van der Waals surface area (Å²) in [5, 5.41) is 10.4. The van der Waals surface area contributed by atoms with Crippen molar-refractivity contribution in [2.75, 3.05) is 6.61 Å². The van der Waals surface area contributed by atoms with Gasteiger partial charge < -0.3 is 9.67 Å². The molecule has 0 atom stereocenters. The van der Waals surface area contributed by atoms with Gasteiger partial charge in [0.25, 0.3) is 0 Å². The molecule has 124 valence electrons. The van der Waals surface area contributed by atoms with Crippen molar-refractivity contribution in [2.24, 2.45) is 0 Å². The van der Waals surface area contributed by atoms with Crippen molar-refractivity contribution in [3.63, 3.8) is 0 Å². The molecule has 0 saturated heterocycles. The van der Waals surface area contributed by atoms with E-state index in [4.69, 9.17) is 16.7 Å². The van der Waals surface area contributed by atoms with Crippen molar-refractivity contribution >= 4 is 28.3 Å². The summed E-state index contributed by atoms with van der Waals surface area (Å²) in [4.78, 5) is 13.1. The number of aliphatic hydroxyl groups is 1. The molecule has 4 heteroatoms. The summed E-state index contributed by atoms with van der Waals surface area (Å²) in [5.41, 5.74) is 3.23.